The molecule has 0 unspecified atom stereocenters. The van der Waals surface area contributed by atoms with Crippen molar-refractivity contribution < 1.29 is 4.39 Å². The smallest absolute Gasteiger partial charge is 0.160 e. The first-order valence-electron chi connectivity index (χ1n) is 10.1. The molecular weight excluding hydrogens is 405 g/mol. The van der Waals surface area contributed by atoms with Crippen molar-refractivity contribution in [3.05, 3.63) is 53.6 Å². The summed E-state index contributed by atoms with van der Waals surface area (Å²) in [5.41, 5.74) is 2.41. The molecular formula is C21H21ClFN7. The van der Waals surface area contributed by atoms with E-state index in [9.17, 15) is 4.39 Å². The van der Waals surface area contributed by atoms with E-state index in [-0.39, 0.29) is 5.02 Å². The number of imidazole rings is 1. The molecule has 4 heterocycles. The van der Waals surface area contributed by atoms with E-state index in [2.05, 4.69) is 36.6 Å². The second kappa shape index (κ2) is 7.68. The van der Waals surface area contributed by atoms with Gasteiger partial charge in [-0.1, -0.05) is 11.6 Å². The van der Waals surface area contributed by atoms with Gasteiger partial charge in [-0.2, -0.15) is 5.10 Å². The van der Waals surface area contributed by atoms with Crippen LogP contribution in [0.25, 0.3) is 22.3 Å². The first kappa shape index (κ1) is 19.0. The summed E-state index contributed by atoms with van der Waals surface area (Å²) in [5.74, 6) is 1.93. The fourth-order valence-electron chi connectivity index (χ4n) is 4.16. The van der Waals surface area contributed by atoms with Gasteiger partial charge >= 0.3 is 0 Å². The van der Waals surface area contributed by atoms with Crippen molar-refractivity contribution in [2.24, 2.45) is 0 Å². The number of aromatic nitrogens is 6. The maximum atomic E-state index is 13.5. The molecule has 3 aromatic heterocycles. The van der Waals surface area contributed by atoms with Crippen LogP contribution in [-0.4, -0.2) is 42.8 Å². The van der Waals surface area contributed by atoms with E-state index in [0.29, 0.717) is 5.92 Å². The lowest BCUT2D eigenvalue weighted by atomic mass is 9.95. The summed E-state index contributed by atoms with van der Waals surface area (Å²) in [6, 6.07) is 4.75. The largest absolute Gasteiger partial charge is 0.356 e. The maximum Gasteiger partial charge on any atom is 0.160 e. The van der Waals surface area contributed by atoms with Gasteiger partial charge in [0.25, 0.3) is 0 Å². The number of halogens is 2. The molecule has 4 aromatic rings. The number of H-pyrrole nitrogens is 1. The Kier molecular flexibility index (Phi) is 4.86. The Morgan fingerprint density at radius 2 is 2.07 bits per heavy atom. The Labute approximate surface area is 177 Å². The van der Waals surface area contributed by atoms with Crippen LogP contribution in [0.3, 0.4) is 0 Å². The molecule has 1 aliphatic rings. The number of aryl methyl sites for hydroxylation is 1. The quantitative estimate of drug-likeness (QED) is 0.524. The Morgan fingerprint density at radius 1 is 1.23 bits per heavy atom. The van der Waals surface area contributed by atoms with Crippen LogP contribution in [0.5, 0.6) is 0 Å². The number of hydrogen-bond acceptors (Lipinski definition) is 5. The molecule has 7 nitrogen and oxygen atoms in total. The summed E-state index contributed by atoms with van der Waals surface area (Å²) < 4.78 is 15.7. The van der Waals surface area contributed by atoms with E-state index in [4.69, 9.17) is 16.6 Å². The van der Waals surface area contributed by atoms with Crippen molar-refractivity contribution in [2.45, 2.75) is 32.2 Å². The predicted molar refractivity (Wildman–Crippen MR) is 114 cm³/mol. The SMILES string of the molecule is CCn1cc(-c2ccc(F)c(Cl)c2)nc1C1CCN(c2ncnc3[nH]ncc23)CC1. The van der Waals surface area contributed by atoms with E-state index in [1.54, 1.807) is 24.7 Å². The van der Waals surface area contributed by atoms with Crippen LogP contribution in [0.2, 0.25) is 5.02 Å². The van der Waals surface area contributed by atoms with Crippen LogP contribution in [0.4, 0.5) is 10.2 Å². The Balaban J connectivity index is 1.37. The topological polar surface area (TPSA) is 75.5 Å². The summed E-state index contributed by atoms with van der Waals surface area (Å²) in [5, 5.41) is 8.05. The molecule has 0 aliphatic carbocycles. The zero-order chi connectivity index (χ0) is 20.7. The number of rotatable bonds is 4. The number of nitrogens with zero attached hydrogens (tertiary/aromatic N) is 6. The van der Waals surface area contributed by atoms with Gasteiger partial charge in [0, 0.05) is 37.3 Å². The molecule has 1 fully saturated rings. The van der Waals surface area contributed by atoms with Crippen molar-refractivity contribution in [2.75, 3.05) is 18.0 Å². The van der Waals surface area contributed by atoms with Crippen LogP contribution < -0.4 is 4.90 Å². The first-order valence-corrected chi connectivity index (χ1v) is 10.4. The van der Waals surface area contributed by atoms with E-state index >= 15 is 0 Å². The summed E-state index contributed by atoms with van der Waals surface area (Å²) in [6.07, 6.45) is 7.34. The van der Waals surface area contributed by atoms with Crippen LogP contribution in [0.1, 0.15) is 31.5 Å². The van der Waals surface area contributed by atoms with Gasteiger partial charge in [-0.15, -0.1) is 0 Å². The van der Waals surface area contributed by atoms with Gasteiger partial charge in [0.1, 0.15) is 23.8 Å². The number of hydrogen-bond donors (Lipinski definition) is 1. The fourth-order valence-corrected chi connectivity index (χ4v) is 4.34. The summed E-state index contributed by atoms with van der Waals surface area (Å²) in [7, 11) is 0. The van der Waals surface area contributed by atoms with Crippen molar-refractivity contribution in [1.29, 1.82) is 0 Å². The molecule has 0 radical (unpaired) electrons. The zero-order valence-electron chi connectivity index (χ0n) is 16.5. The number of fused-ring (bicyclic) bond motifs is 1. The van der Waals surface area contributed by atoms with Gasteiger partial charge in [0.2, 0.25) is 0 Å². The minimum atomic E-state index is -0.417. The van der Waals surface area contributed by atoms with Gasteiger partial charge in [-0.3, -0.25) is 5.10 Å². The van der Waals surface area contributed by atoms with Crippen LogP contribution >= 0.6 is 11.6 Å². The Morgan fingerprint density at radius 3 is 2.83 bits per heavy atom. The van der Waals surface area contributed by atoms with E-state index in [1.807, 2.05) is 6.20 Å². The van der Waals surface area contributed by atoms with Crippen molar-refractivity contribution in [1.82, 2.24) is 29.7 Å². The van der Waals surface area contributed by atoms with Gasteiger partial charge in [-0.25, -0.2) is 19.3 Å². The molecule has 0 spiro atoms. The summed E-state index contributed by atoms with van der Waals surface area (Å²) in [6.45, 7) is 4.71. The van der Waals surface area contributed by atoms with Crippen LogP contribution in [-0.2, 0) is 6.54 Å². The fraction of sp³-hybridized carbons (Fsp3) is 0.333. The summed E-state index contributed by atoms with van der Waals surface area (Å²) >= 11 is 5.97. The van der Waals surface area contributed by atoms with Crippen molar-refractivity contribution in [3.8, 4) is 11.3 Å². The maximum absolute atomic E-state index is 13.5. The molecule has 0 atom stereocenters. The second-order valence-corrected chi connectivity index (χ2v) is 7.90. The second-order valence-electron chi connectivity index (χ2n) is 7.49. The van der Waals surface area contributed by atoms with Gasteiger partial charge < -0.3 is 9.47 Å². The molecule has 5 rings (SSSR count). The highest BCUT2D eigenvalue weighted by atomic mass is 35.5. The normalized spacial score (nSPS) is 15.2. The Hall–Kier alpha value is -3.00. The zero-order valence-corrected chi connectivity index (χ0v) is 17.3. The molecule has 0 bridgehead atoms. The number of anilines is 1. The number of benzene rings is 1. The van der Waals surface area contributed by atoms with Gasteiger partial charge in [-0.05, 0) is 38.0 Å². The molecule has 1 saturated heterocycles. The number of piperidine rings is 1. The molecule has 0 amide bonds. The summed E-state index contributed by atoms with van der Waals surface area (Å²) in [4.78, 5) is 15.9. The highest BCUT2D eigenvalue weighted by Crippen LogP contribution is 2.33. The van der Waals surface area contributed by atoms with Gasteiger partial charge in [0.05, 0.1) is 22.3 Å². The first-order chi connectivity index (χ1) is 14.6. The van der Waals surface area contributed by atoms with Crippen LogP contribution in [0, 0.1) is 5.82 Å². The van der Waals surface area contributed by atoms with Crippen molar-refractivity contribution >= 4 is 28.5 Å². The van der Waals surface area contributed by atoms with E-state index in [1.165, 1.54) is 6.07 Å². The lowest BCUT2D eigenvalue weighted by Gasteiger charge is -2.32. The number of nitrogens with one attached hydrogen (secondary N) is 1. The molecule has 9 heteroatoms. The Bertz CT molecular complexity index is 1190. The third-order valence-electron chi connectivity index (χ3n) is 5.75. The minimum absolute atomic E-state index is 0.115. The lowest BCUT2D eigenvalue weighted by Crippen LogP contribution is -2.34. The van der Waals surface area contributed by atoms with Gasteiger partial charge in [0.15, 0.2) is 5.65 Å². The molecule has 1 aromatic carbocycles. The highest BCUT2D eigenvalue weighted by molar-refractivity contribution is 6.31. The molecule has 154 valence electrons. The van der Waals surface area contributed by atoms with Crippen molar-refractivity contribution in [3.63, 3.8) is 0 Å². The standard InChI is InChI=1S/C21H21ClFN7/c1-2-29-11-18(14-3-4-17(23)16(22)9-14)27-20(29)13-5-7-30(8-6-13)21-15-10-26-28-19(15)24-12-25-21/h3-4,9-13H,2,5-8H2,1H3,(H,24,25,26,28). The number of aromatic amines is 1. The van der Waals surface area contributed by atoms with E-state index in [0.717, 1.165) is 66.4 Å². The monoisotopic (exact) mass is 425 g/mol. The molecule has 1 N–H and O–H groups in total. The lowest BCUT2D eigenvalue weighted by molar-refractivity contribution is 0.467. The van der Waals surface area contributed by atoms with E-state index < -0.39 is 5.82 Å². The minimum Gasteiger partial charge on any atom is -0.356 e. The predicted octanol–water partition coefficient (Wildman–Crippen LogP) is 4.41. The average molecular weight is 426 g/mol. The molecule has 30 heavy (non-hydrogen) atoms. The third kappa shape index (κ3) is 3.31. The average Bonchev–Trinajstić information content (AvgIpc) is 3.42. The van der Waals surface area contributed by atoms with Crippen LogP contribution in [0.15, 0.2) is 36.9 Å². The third-order valence-corrected chi connectivity index (χ3v) is 6.04. The highest BCUT2D eigenvalue weighted by Gasteiger charge is 2.26. The molecule has 0 saturated carbocycles. The molecule has 1 aliphatic heterocycles.